The monoisotopic (exact) mass is 356 g/mol. The summed E-state index contributed by atoms with van der Waals surface area (Å²) in [4.78, 5) is 0.804. The van der Waals surface area contributed by atoms with Gasteiger partial charge in [0.2, 0.25) is 10.0 Å². The van der Waals surface area contributed by atoms with Crippen molar-refractivity contribution in [3.05, 3.63) is 24.0 Å². The first-order valence-electron chi connectivity index (χ1n) is 6.76. The van der Waals surface area contributed by atoms with E-state index in [0.717, 1.165) is 21.3 Å². The van der Waals surface area contributed by atoms with Gasteiger partial charge < -0.3 is 4.74 Å². The zero-order chi connectivity index (χ0) is 17.3. The number of hydrogen-bond acceptors (Lipinski definition) is 4. The number of sulfonamides is 1. The maximum Gasteiger partial charge on any atom is 0.401 e. The lowest BCUT2D eigenvalue weighted by atomic mass is 10.3. The van der Waals surface area contributed by atoms with Crippen molar-refractivity contribution in [1.29, 1.82) is 0 Å². The predicted octanol–water partition coefficient (Wildman–Crippen LogP) is 1.70. The fourth-order valence-electron chi connectivity index (χ4n) is 2.37. The van der Waals surface area contributed by atoms with Crippen LogP contribution in [0, 0.1) is 5.82 Å². The van der Waals surface area contributed by atoms with Gasteiger partial charge in [-0.3, -0.25) is 4.90 Å². The Morgan fingerprint density at radius 3 is 2.30 bits per heavy atom. The van der Waals surface area contributed by atoms with Crippen LogP contribution in [0.4, 0.5) is 17.6 Å². The second-order valence-electron chi connectivity index (χ2n) is 5.09. The van der Waals surface area contributed by atoms with E-state index in [4.69, 9.17) is 4.74 Å². The Labute approximate surface area is 131 Å². The molecule has 0 atom stereocenters. The minimum Gasteiger partial charge on any atom is -0.495 e. The number of alkyl halides is 3. The summed E-state index contributed by atoms with van der Waals surface area (Å²) >= 11 is 0. The van der Waals surface area contributed by atoms with E-state index in [0.29, 0.717) is 0 Å². The standard InChI is InChI=1S/C13H16F4N2O3S/c1-22-11-3-2-10(14)8-12(11)23(20,21)19-6-4-18(5-7-19)9-13(15,16)17/h2-3,8H,4-7,9H2,1H3. The molecule has 0 N–H and O–H groups in total. The SMILES string of the molecule is COc1ccc(F)cc1S(=O)(=O)N1CCN(CC(F)(F)F)CC1. The van der Waals surface area contributed by atoms with E-state index in [1.54, 1.807) is 0 Å². The molecule has 0 bridgehead atoms. The minimum atomic E-state index is -4.33. The molecule has 0 saturated carbocycles. The summed E-state index contributed by atoms with van der Waals surface area (Å²) in [5.74, 6) is -0.746. The fraction of sp³-hybridized carbons (Fsp3) is 0.538. The van der Waals surface area contributed by atoms with Gasteiger partial charge in [0.25, 0.3) is 0 Å². The van der Waals surface area contributed by atoms with Gasteiger partial charge >= 0.3 is 6.18 Å². The second-order valence-corrected chi connectivity index (χ2v) is 7.00. The number of halogens is 4. The molecule has 0 aromatic heterocycles. The first-order chi connectivity index (χ1) is 10.6. The van der Waals surface area contributed by atoms with E-state index < -0.39 is 28.6 Å². The number of hydrogen-bond donors (Lipinski definition) is 0. The van der Waals surface area contributed by atoms with Gasteiger partial charge in [0, 0.05) is 26.2 Å². The molecule has 0 aliphatic carbocycles. The summed E-state index contributed by atoms with van der Waals surface area (Å²) in [5.41, 5.74) is 0. The number of benzene rings is 1. The zero-order valence-electron chi connectivity index (χ0n) is 12.3. The van der Waals surface area contributed by atoms with Gasteiger partial charge in [0.05, 0.1) is 13.7 Å². The van der Waals surface area contributed by atoms with Crippen molar-refractivity contribution in [2.45, 2.75) is 11.1 Å². The van der Waals surface area contributed by atoms with E-state index in [2.05, 4.69) is 0 Å². The maximum absolute atomic E-state index is 13.4. The fourth-order valence-corrected chi connectivity index (χ4v) is 3.96. The van der Waals surface area contributed by atoms with Crippen molar-refractivity contribution in [1.82, 2.24) is 9.21 Å². The molecule has 1 aromatic rings. The summed E-state index contributed by atoms with van der Waals surface area (Å²) in [6.07, 6.45) is -4.33. The van der Waals surface area contributed by atoms with Gasteiger partial charge in [-0.2, -0.15) is 17.5 Å². The average molecular weight is 356 g/mol. The van der Waals surface area contributed by atoms with Crippen molar-refractivity contribution < 1.29 is 30.7 Å². The molecule has 1 heterocycles. The van der Waals surface area contributed by atoms with Gasteiger partial charge in [-0.1, -0.05) is 0 Å². The Bertz CT molecular complexity index is 656. The topological polar surface area (TPSA) is 49.9 Å². The third-order valence-electron chi connectivity index (χ3n) is 3.48. The summed E-state index contributed by atoms with van der Waals surface area (Å²) < 4.78 is 81.5. The maximum atomic E-state index is 13.4. The smallest absolute Gasteiger partial charge is 0.401 e. The van der Waals surface area contributed by atoms with Crippen LogP contribution >= 0.6 is 0 Å². The lowest BCUT2D eigenvalue weighted by Gasteiger charge is -2.34. The zero-order valence-corrected chi connectivity index (χ0v) is 13.1. The first-order valence-corrected chi connectivity index (χ1v) is 8.20. The Hall–Kier alpha value is -1.39. The summed E-state index contributed by atoms with van der Waals surface area (Å²) in [7, 11) is -2.78. The number of piperazine rings is 1. The van der Waals surface area contributed by atoms with Crippen LogP contribution in [0.3, 0.4) is 0 Å². The van der Waals surface area contributed by atoms with Crippen molar-refractivity contribution >= 4 is 10.0 Å². The Kier molecular flexibility index (Phi) is 5.17. The molecule has 1 saturated heterocycles. The highest BCUT2D eigenvalue weighted by Crippen LogP contribution is 2.28. The molecule has 0 radical (unpaired) electrons. The van der Waals surface area contributed by atoms with Gasteiger partial charge in [0.1, 0.15) is 16.5 Å². The molecule has 1 fully saturated rings. The molecule has 0 amide bonds. The van der Waals surface area contributed by atoms with Crippen LogP contribution in [-0.4, -0.2) is 63.6 Å². The van der Waals surface area contributed by atoms with Gasteiger partial charge in [-0.15, -0.1) is 0 Å². The lowest BCUT2D eigenvalue weighted by Crippen LogP contribution is -2.50. The van der Waals surface area contributed by atoms with Crippen molar-refractivity contribution in [3.63, 3.8) is 0 Å². The minimum absolute atomic E-state index is 0.0101. The highest BCUT2D eigenvalue weighted by molar-refractivity contribution is 7.89. The average Bonchev–Trinajstić information content (AvgIpc) is 2.46. The lowest BCUT2D eigenvalue weighted by molar-refractivity contribution is -0.148. The largest absolute Gasteiger partial charge is 0.495 e. The van der Waals surface area contributed by atoms with Crippen LogP contribution in [0.15, 0.2) is 23.1 Å². The van der Waals surface area contributed by atoms with E-state index in [1.165, 1.54) is 13.2 Å². The number of ether oxygens (including phenoxy) is 1. The van der Waals surface area contributed by atoms with Crippen LogP contribution in [0.5, 0.6) is 5.75 Å². The molecule has 1 aliphatic heterocycles. The van der Waals surface area contributed by atoms with Crippen molar-refractivity contribution in [2.75, 3.05) is 39.8 Å². The molecule has 2 rings (SSSR count). The molecular formula is C13H16F4N2O3S. The van der Waals surface area contributed by atoms with Crippen molar-refractivity contribution in [3.8, 4) is 5.75 Å². The van der Waals surface area contributed by atoms with Crippen LogP contribution in [0.2, 0.25) is 0 Å². The summed E-state index contributed by atoms with van der Waals surface area (Å²) in [6.45, 7) is -1.37. The normalized spacial score (nSPS) is 18.1. The first kappa shape index (κ1) is 18.0. The van der Waals surface area contributed by atoms with Crippen LogP contribution in [0.1, 0.15) is 0 Å². The molecule has 0 spiro atoms. The number of methoxy groups -OCH3 is 1. The Balaban J connectivity index is 2.15. The summed E-state index contributed by atoms with van der Waals surface area (Å²) in [6, 6.07) is 3.11. The van der Waals surface area contributed by atoms with E-state index in [-0.39, 0.29) is 36.8 Å². The van der Waals surface area contributed by atoms with Gasteiger partial charge in [0.15, 0.2) is 0 Å². The van der Waals surface area contributed by atoms with E-state index in [1.807, 2.05) is 0 Å². The molecule has 1 aromatic carbocycles. The van der Waals surface area contributed by atoms with Crippen LogP contribution < -0.4 is 4.74 Å². The molecule has 10 heteroatoms. The molecule has 1 aliphatic rings. The number of rotatable bonds is 4. The summed E-state index contributed by atoms with van der Waals surface area (Å²) in [5, 5.41) is 0. The van der Waals surface area contributed by atoms with E-state index in [9.17, 15) is 26.0 Å². The molecule has 23 heavy (non-hydrogen) atoms. The second kappa shape index (κ2) is 6.62. The van der Waals surface area contributed by atoms with Gasteiger partial charge in [-0.25, -0.2) is 12.8 Å². The Morgan fingerprint density at radius 1 is 1.17 bits per heavy atom. The molecular weight excluding hydrogens is 340 g/mol. The molecule has 130 valence electrons. The molecule has 0 unspecified atom stereocenters. The van der Waals surface area contributed by atoms with E-state index >= 15 is 0 Å². The van der Waals surface area contributed by atoms with Crippen molar-refractivity contribution in [2.24, 2.45) is 0 Å². The highest BCUT2D eigenvalue weighted by Gasteiger charge is 2.35. The highest BCUT2D eigenvalue weighted by atomic mass is 32.2. The third-order valence-corrected chi connectivity index (χ3v) is 5.40. The van der Waals surface area contributed by atoms with Gasteiger partial charge in [-0.05, 0) is 18.2 Å². The van der Waals surface area contributed by atoms with Crippen LogP contribution in [0.25, 0.3) is 0 Å². The predicted molar refractivity (Wildman–Crippen MR) is 74.2 cm³/mol. The number of nitrogens with zero attached hydrogens (tertiary/aromatic N) is 2. The molecule has 5 nitrogen and oxygen atoms in total. The third kappa shape index (κ3) is 4.33. The Morgan fingerprint density at radius 2 is 1.78 bits per heavy atom. The quantitative estimate of drug-likeness (QED) is 0.771. The van der Waals surface area contributed by atoms with Crippen LogP contribution in [-0.2, 0) is 10.0 Å².